The number of fused-ring (bicyclic) bond motifs is 1. The molecule has 5 aromatic rings. The van der Waals surface area contributed by atoms with Crippen LogP contribution < -0.4 is 0 Å². The van der Waals surface area contributed by atoms with Crippen LogP contribution in [0.25, 0.3) is 45.3 Å². The molecule has 0 saturated carbocycles. The van der Waals surface area contributed by atoms with E-state index in [0.717, 1.165) is 49.2 Å². The second-order valence-electron chi connectivity index (χ2n) is 7.49. The standard InChI is InChI=1S/C28H20ClNOS/c29-23-11-8-20(9-12-23)25-18-32-27(17-31)28(25)22-10-13-26-24(16-22)21(14-15-30-26)7-6-19-4-2-1-3-5-19/h1-16,18,31H,17H2. The Morgan fingerprint density at radius 2 is 1.66 bits per heavy atom. The molecule has 3 aromatic carbocycles. The van der Waals surface area contributed by atoms with Crippen molar-refractivity contribution in [3.8, 4) is 22.3 Å². The topological polar surface area (TPSA) is 33.1 Å². The number of hydrogen-bond acceptors (Lipinski definition) is 3. The van der Waals surface area contributed by atoms with E-state index in [-0.39, 0.29) is 6.61 Å². The van der Waals surface area contributed by atoms with Crippen LogP contribution in [0.1, 0.15) is 16.0 Å². The van der Waals surface area contributed by atoms with Gasteiger partial charge in [0.05, 0.1) is 12.1 Å². The molecular formula is C28H20ClNOS. The second-order valence-corrected chi connectivity index (χ2v) is 8.89. The summed E-state index contributed by atoms with van der Waals surface area (Å²) in [4.78, 5) is 5.50. The zero-order valence-corrected chi connectivity index (χ0v) is 18.8. The maximum absolute atomic E-state index is 10.0. The second kappa shape index (κ2) is 9.09. The maximum atomic E-state index is 10.0. The molecule has 0 saturated heterocycles. The first-order valence-corrected chi connectivity index (χ1v) is 11.6. The first-order valence-electron chi connectivity index (χ1n) is 10.3. The molecule has 0 aliphatic carbocycles. The fourth-order valence-corrected chi connectivity index (χ4v) is 4.95. The molecule has 0 amide bonds. The molecule has 0 atom stereocenters. The van der Waals surface area contributed by atoms with Gasteiger partial charge < -0.3 is 5.11 Å². The number of pyridine rings is 1. The van der Waals surface area contributed by atoms with Crippen LogP contribution in [0, 0.1) is 0 Å². The van der Waals surface area contributed by atoms with Crippen LogP contribution in [-0.4, -0.2) is 10.1 Å². The van der Waals surface area contributed by atoms with Gasteiger partial charge in [0.2, 0.25) is 0 Å². The molecule has 5 rings (SSSR count). The van der Waals surface area contributed by atoms with E-state index in [9.17, 15) is 5.11 Å². The average Bonchev–Trinajstić information content (AvgIpc) is 3.27. The largest absolute Gasteiger partial charge is 0.391 e. The SMILES string of the molecule is OCc1scc(-c2ccc(Cl)cc2)c1-c1ccc2nccc(C=Cc3ccccc3)c2c1. The summed E-state index contributed by atoms with van der Waals surface area (Å²) in [7, 11) is 0. The number of benzene rings is 3. The van der Waals surface area contributed by atoms with Gasteiger partial charge in [-0.2, -0.15) is 0 Å². The van der Waals surface area contributed by atoms with E-state index in [1.165, 1.54) is 0 Å². The number of nitrogens with zero attached hydrogens (tertiary/aromatic N) is 1. The number of aliphatic hydroxyl groups is 1. The third-order valence-corrected chi connectivity index (χ3v) is 6.71. The Labute approximate surface area is 196 Å². The van der Waals surface area contributed by atoms with Gasteiger partial charge in [-0.3, -0.25) is 4.98 Å². The van der Waals surface area contributed by atoms with Crippen molar-refractivity contribution in [3.05, 3.63) is 111 Å². The molecule has 0 fully saturated rings. The maximum Gasteiger partial charge on any atom is 0.0780 e. The fourth-order valence-electron chi connectivity index (χ4n) is 3.89. The lowest BCUT2D eigenvalue weighted by Gasteiger charge is -2.10. The molecule has 156 valence electrons. The smallest absolute Gasteiger partial charge is 0.0780 e. The highest BCUT2D eigenvalue weighted by Gasteiger charge is 2.16. The van der Waals surface area contributed by atoms with Gasteiger partial charge in [0.15, 0.2) is 0 Å². The van der Waals surface area contributed by atoms with Crippen LogP contribution in [0.3, 0.4) is 0 Å². The van der Waals surface area contributed by atoms with Crippen molar-refractivity contribution in [2.24, 2.45) is 0 Å². The minimum Gasteiger partial charge on any atom is -0.391 e. The molecule has 0 unspecified atom stereocenters. The lowest BCUT2D eigenvalue weighted by Crippen LogP contribution is -1.89. The monoisotopic (exact) mass is 453 g/mol. The predicted molar refractivity (Wildman–Crippen MR) is 137 cm³/mol. The zero-order valence-electron chi connectivity index (χ0n) is 17.2. The third-order valence-electron chi connectivity index (χ3n) is 5.48. The lowest BCUT2D eigenvalue weighted by molar-refractivity contribution is 0.286. The normalized spacial score (nSPS) is 11.4. The van der Waals surface area contributed by atoms with Gasteiger partial charge in [0, 0.05) is 32.6 Å². The minimum absolute atomic E-state index is 0.000562. The Morgan fingerprint density at radius 1 is 0.875 bits per heavy atom. The van der Waals surface area contributed by atoms with Gasteiger partial charge in [-0.05, 0) is 58.0 Å². The minimum atomic E-state index is -0.000562. The number of thiophene rings is 1. The van der Waals surface area contributed by atoms with Crippen LogP contribution in [0.2, 0.25) is 5.02 Å². The van der Waals surface area contributed by atoms with Crippen molar-refractivity contribution < 1.29 is 5.11 Å². The van der Waals surface area contributed by atoms with E-state index >= 15 is 0 Å². The Morgan fingerprint density at radius 3 is 2.44 bits per heavy atom. The van der Waals surface area contributed by atoms with E-state index in [4.69, 9.17) is 11.6 Å². The molecule has 2 heterocycles. The molecule has 0 bridgehead atoms. The highest BCUT2D eigenvalue weighted by Crippen LogP contribution is 2.41. The van der Waals surface area contributed by atoms with Crippen molar-refractivity contribution in [2.45, 2.75) is 6.61 Å². The summed E-state index contributed by atoms with van der Waals surface area (Å²) in [5.41, 5.74) is 7.50. The molecule has 1 N–H and O–H groups in total. The molecule has 0 aliphatic heterocycles. The van der Waals surface area contributed by atoms with Crippen LogP contribution >= 0.6 is 22.9 Å². The molecule has 0 spiro atoms. The van der Waals surface area contributed by atoms with E-state index in [2.05, 4.69) is 52.8 Å². The third kappa shape index (κ3) is 4.11. The molecule has 0 radical (unpaired) electrons. The summed E-state index contributed by atoms with van der Waals surface area (Å²) in [5, 5.41) is 13.9. The van der Waals surface area contributed by atoms with Gasteiger partial charge in [0.1, 0.15) is 0 Å². The van der Waals surface area contributed by atoms with Crippen molar-refractivity contribution >= 4 is 46.0 Å². The van der Waals surface area contributed by atoms with Crippen LogP contribution in [-0.2, 0) is 6.61 Å². The number of aliphatic hydroxyl groups excluding tert-OH is 1. The average molecular weight is 454 g/mol. The number of halogens is 1. The Bertz CT molecular complexity index is 1410. The number of aromatic nitrogens is 1. The Hall–Kier alpha value is -3.24. The number of hydrogen-bond donors (Lipinski definition) is 1. The van der Waals surface area contributed by atoms with E-state index < -0.39 is 0 Å². The van der Waals surface area contributed by atoms with Gasteiger partial charge >= 0.3 is 0 Å². The van der Waals surface area contributed by atoms with Crippen LogP contribution in [0.5, 0.6) is 0 Å². The Kier molecular flexibility index (Phi) is 5.87. The zero-order chi connectivity index (χ0) is 21.9. The van der Waals surface area contributed by atoms with Gasteiger partial charge in [0.25, 0.3) is 0 Å². The molecule has 2 aromatic heterocycles. The van der Waals surface area contributed by atoms with Crippen molar-refractivity contribution in [3.63, 3.8) is 0 Å². The van der Waals surface area contributed by atoms with Crippen LogP contribution in [0.4, 0.5) is 0 Å². The highest BCUT2D eigenvalue weighted by atomic mass is 35.5. The lowest BCUT2D eigenvalue weighted by atomic mass is 9.95. The first kappa shape index (κ1) is 20.7. The van der Waals surface area contributed by atoms with Crippen molar-refractivity contribution in [1.82, 2.24) is 4.98 Å². The summed E-state index contributed by atoms with van der Waals surface area (Å²) in [6, 6.07) is 26.4. The number of rotatable bonds is 5. The molecule has 2 nitrogen and oxygen atoms in total. The Balaban J connectivity index is 1.64. The summed E-state index contributed by atoms with van der Waals surface area (Å²) in [5.74, 6) is 0. The summed E-state index contributed by atoms with van der Waals surface area (Å²) in [6.45, 7) is -0.000562. The highest BCUT2D eigenvalue weighted by molar-refractivity contribution is 7.11. The summed E-state index contributed by atoms with van der Waals surface area (Å²) >= 11 is 7.67. The van der Waals surface area contributed by atoms with Gasteiger partial charge in [-0.1, -0.05) is 72.3 Å². The van der Waals surface area contributed by atoms with E-state index in [1.54, 1.807) is 11.3 Å². The van der Waals surface area contributed by atoms with Crippen LogP contribution in [0.15, 0.2) is 90.4 Å². The van der Waals surface area contributed by atoms with Gasteiger partial charge in [-0.25, -0.2) is 0 Å². The quantitative estimate of drug-likeness (QED) is 0.293. The molecule has 32 heavy (non-hydrogen) atoms. The molecular weight excluding hydrogens is 434 g/mol. The first-order chi connectivity index (χ1) is 15.7. The predicted octanol–water partition coefficient (Wildman–Crippen LogP) is 7.95. The molecule has 4 heteroatoms. The van der Waals surface area contributed by atoms with Crippen molar-refractivity contribution in [2.75, 3.05) is 0 Å². The fraction of sp³-hybridized carbons (Fsp3) is 0.0357. The van der Waals surface area contributed by atoms with Crippen molar-refractivity contribution in [1.29, 1.82) is 0 Å². The summed E-state index contributed by atoms with van der Waals surface area (Å²) in [6.07, 6.45) is 6.09. The van der Waals surface area contributed by atoms with E-state index in [1.807, 2.05) is 54.7 Å². The molecule has 0 aliphatic rings. The van der Waals surface area contributed by atoms with Gasteiger partial charge in [-0.15, -0.1) is 11.3 Å². The van der Waals surface area contributed by atoms with E-state index in [0.29, 0.717) is 5.02 Å². The summed E-state index contributed by atoms with van der Waals surface area (Å²) < 4.78 is 0.